The molecule has 0 saturated carbocycles. The lowest BCUT2D eigenvalue weighted by Gasteiger charge is -2.33. The Balaban J connectivity index is 1.45. The van der Waals surface area contributed by atoms with Gasteiger partial charge in [-0.1, -0.05) is 13.8 Å². The molecule has 0 aromatic carbocycles. The third-order valence-corrected chi connectivity index (χ3v) is 6.97. The Morgan fingerprint density at radius 3 is 2.72 bits per heavy atom. The van der Waals surface area contributed by atoms with E-state index >= 15 is 0 Å². The number of nitrogens with one attached hydrogen (secondary N) is 2. The van der Waals surface area contributed by atoms with Crippen LogP contribution in [0.5, 0.6) is 0 Å². The van der Waals surface area contributed by atoms with E-state index in [0.717, 1.165) is 12.1 Å². The molecule has 154 valence electrons. The Labute approximate surface area is 169 Å². The molecule has 1 fully saturated rings. The minimum atomic E-state index is -3.67. The van der Waals surface area contributed by atoms with E-state index in [9.17, 15) is 13.2 Å². The highest BCUT2D eigenvalue weighted by Gasteiger charge is 2.32. The Morgan fingerprint density at radius 1 is 1.24 bits per heavy atom. The van der Waals surface area contributed by atoms with Crippen LogP contribution in [0, 0.1) is 5.92 Å². The Kier molecular flexibility index (Phi) is 5.13. The van der Waals surface area contributed by atoms with Crippen LogP contribution >= 0.6 is 0 Å². The first-order chi connectivity index (χ1) is 13.9. The van der Waals surface area contributed by atoms with Crippen molar-refractivity contribution in [2.24, 2.45) is 5.92 Å². The van der Waals surface area contributed by atoms with Crippen molar-refractivity contribution in [2.75, 3.05) is 26.2 Å². The van der Waals surface area contributed by atoms with Gasteiger partial charge >= 0.3 is 0 Å². The zero-order valence-electron chi connectivity index (χ0n) is 16.4. The van der Waals surface area contributed by atoms with Gasteiger partial charge in [-0.05, 0) is 30.5 Å². The average Bonchev–Trinajstić information content (AvgIpc) is 3.34. The summed E-state index contributed by atoms with van der Waals surface area (Å²) in [5.41, 5.74) is 1.84. The fourth-order valence-corrected chi connectivity index (χ4v) is 5.17. The molecule has 3 aromatic rings. The van der Waals surface area contributed by atoms with Gasteiger partial charge in [-0.2, -0.15) is 9.40 Å². The van der Waals surface area contributed by atoms with Crippen LogP contribution in [0.2, 0.25) is 0 Å². The van der Waals surface area contributed by atoms with E-state index < -0.39 is 10.0 Å². The summed E-state index contributed by atoms with van der Waals surface area (Å²) >= 11 is 0. The number of carbonyl (C=O) groups is 1. The van der Waals surface area contributed by atoms with Crippen molar-refractivity contribution < 1.29 is 13.2 Å². The first-order valence-corrected chi connectivity index (χ1v) is 11.1. The van der Waals surface area contributed by atoms with E-state index in [2.05, 4.69) is 34.0 Å². The Hall–Kier alpha value is -2.72. The molecule has 1 amide bonds. The van der Waals surface area contributed by atoms with Crippen LogP contribution in [-0.2, 0) is 16.4 Å². The summed E-state index contributed by atoms with van der Waals surface area (Å²) in [6.07, 6.45) is 3.91. The summed E-state index contributed by atoms with van der Waals surface area (Å²) in [7, 11) is -3.67. The zero-order chi connectivity index (χ0) is 20.6. The van der Waals surface area contributed by atoms with Crippen molar-refractivity contribution in [3.63, 3.8) is 0 Å². The van der Waals surface area contributed by atoms with Crippen molar-refractivity contribution in [2.45, 2.75) is 25.2 Å². The van der Waals surface area contributed by atoms with Gasteiger partial charge < -0.3 is 9.88 Å². The molecule has 4 rings (SSSR count). The number of amides is 1. The Bertz CT molecular complexity index is 1130. The van der Waals surface area contributed by atoms with Gasteiger partial charge in [-0.25, -0.2) is 13.4 Å². The molecule has 1 aliphatic rings. The summed E-state index contributed by atoms with van der Waals surface area (Å²) in [5.74, 6) is 0.288. The second-order valence-corrected chi connectivity index (χ2v) is 9.53. The predicted octanol–water partition coefficient (Wildman–Crippen LogP) is 1.63. The second-order valence-electron chi connectivity index (χ2n) is 7.63. The van der Waals surface area contributed by atoms with E-state index in [1.54, 1.807) is 29.3 Å². The molecule has 4 heterocycles. The zero-order valence-corrected chi connectivity index (χ0v) is 17.2. The predicted molar refractivity (Wildman–Crippen MR) is 108 cm³/mol. The number of aromatic amines is 2. The first-order valence-electron chi connectivity index (χ1n) is 9.62. The largest absolute Gasteiger partial charge is 0.345 e. The third-order valence-electron chi connectivity index (χ3n) is 5.04. The quantitative estimate of drug-likeness (QED) is 0.656. The highest BCUT2D eigenvalue weighted by atomic mass is 32.2. The molecule has 0 atom stereocenters. The summed E-state index contributed by atoms with van der Waals surface area (Å²) in [6.45, 7) is 5.34. The van der Waals surface area contributed by atoms with E-state index in [-0.39, 0.29) is 23.9 Å². The number of hydrogen-bond acceptors (Lipinski definition) is 5. The molecule has 0 unspecified atom stereocenters. The maximum atomic E-state index is 13.1. The van der Waals surface area contributed by atoms with E-state index in [1.807, 2.05) is 0 Å². The standard InChI is InChI=1S/C19H24N6O3S/c1-13(2)10-14-11-16(23-22-14)19(26)24-6-8-25(9-7-24)29(27,28)17-12-21-18-15(17)4-3-5-20-18/h3-5,11-13H,6-10H2,1-2H3,(H,20,21)(H,22,23). The molecule has 10 heteroatoms. The molecular formula is C19H24N6O3S. The van der Waals surface area contributed by atoms with Crippen molar-refractivity contribution in [1.29, 1.82) is 0 Å². The highest BCUT2D eigenvalue weighted by Crippen LogP contribution is 2.25. The smallest absolute Gasteiger partial charge is 0.274 e. The maximum absolute atomic E-state index is 13.1. The number of piperazine rings is 1. The third kappa shape index (κ3) is 3.77. The number of hydrogen-bond donors (Lipinski definition) is 2. The van der Waals surface area contributed by atoms with Gasteiger partial charge in [-0.15, -0.1) is 0 Å². The molecule has 0 spiro atoms. The van der Waals surface area contributed by atoms with Gasteiger partial charge in [0.25, 0.3) is 5.91 Å². The summed E-state index contributed by atoms with van der Waals surface area (Å²) < 4.78 is 27.6. The summed E-state index contributed by atoms with van der Waals surface area (Å²) in [5, 5.41) is 7.61. The van der Waals surface area contributed by atoms with Crippen LogP contribution in [0.1, 0.15) is 30.0 Å². The minimum Gasteiger partial charge on any atom is -0.345 e. The lowest BCUT2D eigenvalue weighted by atomic mass is 10.1. The van der Waals surface area contributed by atoms with Crippen molar-refractivity contribution in [1.82, 2.24) is 29.4 Å². The highest BCUT2D eigenvalue weighted by molar-refractivity contribution is 7.89. The van der Waals surface area contributed by atoms with Crippen LogP contribution in [0.4, 0.5) is 0 Å². The monoisotopic (exact) mass is 416 g/mol. The number of fused-ring (bicyclic) bond motifs is 1. The molecule has 0 radical (unpaired) electrons. The number of carbonyl (C=O) groups excluding carboxylic acids is 1. The topological polar surface area (TPSA) is 115 Å². The van der Waals surface area contributed by atoms with E-state index in [4.69, 9.17) is 0 Å². The molecule has 3 aromatic heterocycles. The lowest BCUT2D eigenvalue weighted by Crippen LogP contribution is -2.50. The van der Waals surface area contributed by atoms with Gasteiger partial charge in [0.2, 0.25) is 10.0 Å². The first kappa shape index (κ1) is 19.6. The second kappa shape index (κ2) is 7.60. The number of sulfonamides is 1. The molecule has 9 nitrogen and oxygen atoms in total. The summed E-state index contributed by atoms with van der Waals surface area (Å²) in [4.78, 5) is 21.6. The van der Waals surface area contributed by atoms with Crippen LogP contribution in [0.3, 0.4) is 0 Å². The van der Waals surface area contributed by atoms with Gasteiger partial charge in [0, 0.05) is 49.7 Å². The maximum Gasteiger partial charge on any atom is 0.274 e. The minimum absolute atomic E-state index is 0.176. The van der Waals surface area contributed by atoms with Gasteiger partial charge in [0.05, 0.1) is 0 Å². The van der Waals surface area contributed by atoms with Gasteiger partial charge in [-0.3, -0.25) is 9.89 Å². The molecule has 1 saturated heterocycles. The van der Waals surface area contributed by atoms with Crippen LogP contribution in [0.25, 0.3) is 11.0 Å². The Morgan fingerprint density at radius 2 is 2.00 bits per heavy atom. The van der Waals surface area contributed by atoms with Crippen molar-refractivity contribution in [3.05, 3.63) is 42.0 Å². The van der Waals surface area contributed by atoms with Crippen LogP contribution < -0.4 is 0 Å². The van der Waals surface area contributed by atoms with E-state index in [1.165, 1.54) is 10.5 Å². The number of rotatable bonds is 5. The van der Waals surface area contributed by atoms with Gasteiger partial charge in [0.15, 0.2) is 0 Å². The molecule has 29 heavy (non-hydrogen) atoms. The molecule has 1 aliphatic heterocycles. The fraction of sp³-hybridized carbons (Fsp3) is 0.421. The van der Waals surface area contributed by atoms with Crippen LogP contribution in [0.15, 0.2) is 35.5 Å². The van der Waals surface area contributed by atoms with E-state index in [0.29, 0.717) is 35.7 Å². The lowest BCUT2D eigenvalue weighted by molar-refractivity contribution is 0.0692. The fourth-order valence-electron chi connectivity index (χ4n) is 3.59. The molecule has 0 bridgehead atoms. The molecular weight excluding hydrogens is 392 g/mol. The average molecular weight is 417 g/mol. The normalized spacial score (nSPS) is 16.0. The van der Waals surface area contributed by atoms with Crippen molar-refractivity contribution in [3.8, 4) is 0 Å². The number of nitrogens with zero attached hydrogens (tertiary/aromatic N) is 4. The molecule has 0 aliphatic carbocycles. The van der Waals surface area contributed by atoms with Crippen LogP contribution in [-0.4, -0.2) is 69.9 Å². The molecule has 2 N–H and O–H groups in total. The summed E-state index contributed by atoms with van der Waals surface area (Å²) in [6, 6.07) is 5.23. The number of pyridine rings is 1. The van der Waals surface area contributed by atoms with Crippen molar-refractivity contribution >= 4 is 27.0 Å². The van der Waals surface area contributed by atoms with Gasteiger partial charge in [0.1, 0.15) is 16.2 Å². The number of aromatic nitrogens is 4. The number of H-pyrrole nitrogens is 2. The SMILES string of the molecule is CC(C)Cc1cc(C(=O)N2CCN(S(=O)(=O)c3c[nH]c4ncccc34)CC2)n[nH]1.